The second-order valence-electron chi connectivity index (χ2n) is 10.1. The summed E-state index contributed by atoms with van der Waals surface area (Å²) in [6.45, 7) is 6.25. The number of nitrogens with one attached hydrogen (secondary N) is 1. The van der Waals surface area contributed by atoms with Crippen molar-refractivity contribution >= 4 is 16.6 Å². The Balaban J connectivity index is 1.53. The van der Waals surface area contributed by atoms with Crippen LogP contribution < -0.4 is 10.1 Å². The summed E-state index contributed by atoms with van der Waals surface area (Å²) in [4.78, 5) is 6.21. The standard InChI is InChI=1S/C27H31F3N6O2/c1-16(2)31-20-11-12-35(14-20)25(27(28,29)30)19-8-10-23-33-34-26(36(23)13-19)21-9-7-18-5-4-6-22(24(18)32-21)38-17(3)15-37/h4-10,13,16-17,20,25,31,37H,11-12,14-15H2,1-3H3. The van der Waals surface area contributed by atoms with Gasteiger partial charge in [-0.05, 0) is 37.1 Å². The number of benzene rings is 1. The van der Waals surface area contributed by atoms with Gasteiger partial charge in [-0.15, -0.1) is 10.2 Å². The van der Waals surface area contributed by atoms with Crippen molar-refractivity contribution in [1.82, 2.24) is 29.8 Å². The number of aliphatic hydroxyl groups is 1. The van der Waals surface area contributed by atoms with E-state index in [0.29, 0.717) is 47.9 Å². The first-order valence-electron chi connectivity index (χ1n) is 12.7. The van der Waals surface area contributed by atoms with Gasteiger partial charge >= 0.3 is 6.18 Å². The van der Waals surface area contributed by atoms with Crippen LogP contribution in [-0.2, 0) is 0 Å². The normalized spacial score (nSPS) is 18.5. The van der Waals surface area contributed by atoms with Gasteiger partial charge in [0.05, 0.1) is 6.61 Å². The zero-order chi connectivity index (χ0) is 27.0. The van der Waals surface area contributed by atoms with Crippen LogP contribution in [0.15, 0.2) is 48.7 Å². The predicted molar refractivity (Wildman–Crippen MR) is 138 cm³/mol. The summed E-state index contributed by atoms with van der Waals surface area (Å²) in [7, 11) is 0. The summed E-state index contributed by atoms with van der Waals surface area (Å²) >= 11 is 0. The average Bonchev–Trinajstić information content (AvgIpc) is 3.49. The van der Waals surface area contributed by atoms with Gasteiger partial charge in [-0.3, -0.25) is 9.30 Å². The number of para-hydroxylation sites is 1. The first-order chi connectivity index (χ1) is 18.1. The Bertz CT molecular complexity index is 1420. The Kier molecular flexibility index (Phi) is 7.26. The first kappa shape index (κ1) is 26.3. The van der Waals surface area contributed by atoms with Gasteiger partial charge in [-0.25, -0.2) is 4.98 Å². The quantitative estimate of drug-likeness (QED) is 0.351. The molecule has 0 bridgehead atoms. The number of aliphatic hydroxyl groups excluding tert-OH is 1. The van der Waals surface area contributed by atoms with Crippen LogP contribution in [0.5, 0.6) is 5.75 Å². The maximum atomic E-state index is 14.4. The molecule has 38 heavy (non-hydrogen) atoms. The van der Waals surface area contributed by atoms with Crippen LogP contribution in [0.1, 0.15) is 38.8 Å². The lowest BCUT2D eigenvalue weighted by molar-refractivity contribution is -0.184. The van der Waals surface area contributed by atoms with E-state index in [-0.39, 0.29) is 24.3 Å². The van der Waals surface area contributed by atoms with Crippen LogP contribution in [0.2, 0.25) is 0 Å². The van der Waals surface area contributed by atoms with Gasteiger partial charge in [0.15, 0.2) is 11.5 Å². The Morgan fingerprint density at radius 3 is 2.66 bits per heavy atom. The minimum absolute atomic E-state index is 0.0146. The molecule has 8 nitrogen and oxygen atoms in total. The van der Waals surface area contributed by atoms with Crippen molar-refractivity contribution in [1.29, 1.82) is 0 Å². The third-order valence-corrected chi connectivity index (χ3v) is 6.70. The van der Waals surface area contributed by atoms with E-state index in [2.05, 4.69) is 15.5 Å². The van der Waals surface area contributed by atoms with Crippen LogP contribution in [0.4, 0.5) is 13.2 Å². The van der Waals surface area contributed by atoms with Crippen LogP contribution >= 0.6 is 0 Å². The molecule has 1 saturated heterocycles. The minimum atomic E-state index is -4.45. The molecule has 4 aromatic rings. The highest BCUT2D eigenvalue weighted by Crippen LogP contribution is 2.40. The Morgan fingerprint density at radius 2 is 1.92 bits per heavy atom. The van der Waals surface area contributed by atoms with E-state index in [4.69, 9.17) is 9.72 Å². The molecule has 3 atom stereocenters. The number of rotatable bonds is 8. The molecule has 3 aromatic heterocycles. The highest BCUT2D eigenvalue weighted by Gasteiger charge is 2.47. The number of hydrogen-bond acceptors (Lipinski definition) is 7. The van der Waals surface area contributed by atoms with Crippen molar-refractivity contribution in [3.8, 4) is 17.3 Å². The molecule has 5 rings (SSSR count). The van der Waals surface area contributed by atoms with Crippen molar-refractivity contribution in [2.75, 3.05) is 19.7 Å². The summed E-state index contributed by atoms with van der Waals surface area (Å²) in [5.41, 5.74) is 1.55. The predicted octanol–water partition coefficient (Wildman–Crippen LogP) is 4.38. The molecular weight excluding hydrogens is 497 g/mol. The lowest BCUT2D eigenvalue weighted by Crippen LogP contribution is -2.41. The van der Waals surface area contributed by atoms with Gasteiger partial charge in [-0.2, -0.15) is 13.2 Å². The Hall–Kier alpha value is -3.28. The molecule has 1 aliphatic rings. The molecule has 1 aliphatic heterocycles. The van der Waals surface area contributed by atoms with E-state index < -0.39 is 18.3 Å². The van der Waals surface area contributed by atoms with Gasteiger partial charge in [0.25, 0.3) is 0 Å². The molecule has 1 aromatic carbocycles. The van der Waals surface area contributed by atoms with Gasteiger partial charge in [-0.1, -0.05) is 38.1 Å². The highest BCUT2D eigenvalue weighted by atomic mass is 19.4. The van der Waals surface area contributed by atoms with Gasteiger partial charge < -0.3 is 15.2 Å². The molecule has 2 N–H and O–H groups in total. The molecule has 202 valence electrons. The fraction of sp³-hybridized carbons (Fsp3) is 0.444. The third kappa shape index (κ3) is 5.31. The molecule has 1 fully saturated rings. The molecular formula is C27H31F3N6O2. The average molecular weight is 529 g/mol. The van der Waals surface area contributed by atoms with Crippen LogP contribution in [0, 0.1) is 0 Å². The molecule has 4 heterocycles. The number of hydrogen-bond donors (Lipinski definition) is 2. The number of aromatic nitrogens is 4. The fourth-order valence-corrected chi connectivity index (χ4v) is 5.07. The number of ether oxygens (including phenoxy) is 1. The first-order valence-corrected chi connectivity index (χ1v) is 12.7. The number of likely N-dealkylation sites (tertiary alicyclic amines) is 1. The summed E-state index contributed by atoms with van der Waals surface area (Å²) < 4.78 is 50.6. The zero-order valence-electron chi connectivity index (χ0n) is 21.5. The molecule has 0 saturated carbocycles. The lowest BCUT2D eigenvalue weighted by atomic mass is 10.1. The second-order valence-corrected chi connectivity index (χ2v) is 10.1. The van der Waals surface area contributed by atoms with E-state index in [1.807, 2.05) is 32.0 Å². The van der Waals surface area contributed by atoms with Gasteiger partial charge in [0, 0.05) is 36.8 Å². The summed E-state index contributed by atoms with van der Waals surface area (Å²) in [5, 5.41) is 22.0. The van der Waals surface area contributed by atoms with Crippen molar-refractivity contribution in [2.24, 2.45) is 0 Å². The molecule has 0 aliphatic carbocycles. The molecule has 0 radical (unpaired) electrons. The largest absolute Gasteiger partial charge is 0.486 e. The smallest absolute Gasteiger partial charge is 0.408 e. The Labute approximate surface area is 218 Å². The SMILES string of the molecule is CC(C)NC1CCN(C(c2ccc3nnc(-c4ccc5cccc(OC(C)CO)c5n4)n3c2)C(F)(F)F)C1. The molecule has 11 heteroatoms. The maximum Gasteiger partial charge on any atom is 0.408 e. The molecule has 3 unspecified atom stereocenters. The van der Waals surface area contributed by atoms with E-state index >= 15 is 0 Å². The number of alkyl halides is 3. The summed E-state index contributed by atoms with van der Waals surface area (Å²) in [6, 6.07) is 10.6. The topological polar surface area (TPSA) is 87.8 Å². The van der Waals surface area contributed by atoms with Crippen LogP contribution in [0.3, 0.4) is 0 Å². The second kappa shape index (κ2) is 10.5. The molecule has 0 amide bonds. The van der Waals surface area contributed by atoms with Crippen molar-refractivity contribution in [3.63, 3.8) is 0 Å². The fourth-order valence-electron chi connectivity index (χ4n) is 5.07. The van der Waals surface area contributed by atoms with E-state index in [0.717, 1.165) is 5.39 Å². The lowest BCUT2D eigenvalue weighted by Gasteiger charge is -2.30. The monoisotopic (exact) mass is 528 g/mol. The third-order valence-electron chi connectivity index (χ3n) is 6.70. The van der Waals surface area contributed by atoms with E-state index in [9.17, 15) is 18.3 Å². The molecule has 0 spiro atoms. The van der Waals surface area contributed by atoms with E-state index in [1.54, 1.807) is 29.5 Å². The van der Waals surface area contributed by atoms with Gasteiger partial charge in [0.2, 0.25) is 0 Å². The minimum Gasteiger partial charge on any atom is -0.486 e. The number of nitrogens with zero attached hydrogens (tertiary/aromatic N) is 5. The highest BCUT2D eigenvalue weighted by molar-refractivity contribution is 5.86. The van der Waals surface area contributed by atoms with Crippen molar-refractivity contribution in [2.45, 2.75) is 57.6 Å². The number of halogens is 3. The summed E-state index contributed by atoms with van der Waals surface area (Å²) in [5.74, 6) is 0.826. The van der Waals surface area contributed by atoms with Crippen molar-refractivity contribution < 1.29 is 23.0 Å². The Morgan fingerprint density at radius 1 is 1.11 bits per heavy atom. The van der Waals surface area contributed by atoms with Crippen LogP contribution in [-0.4, -0.2) is 73.6 Å². The van der Waals surface area contributed by atoms with Crippen LogP contribution in [0.25, 0.3) is 28.1 Å². The van der Waals surface area contributed by atoms with Gasteiger partial charge in [0.1, 0.15) is 29.1 Å². The summed E-state index contributed by atoms with van der Waals surface area (Å²) in [6.07, 6.45) is -2.76. The number of fused-ring (bicyclic) bond motifs is 2. The maximum absolute atomic E-state index is 14.4. The van der Waals surface area contributed by atoms with E-state index in [1.165, 1.54) is 17.2 Å². The number of pyridine rings is 2. The van der Waals surface area contributed by atoms with Crippen molar-refractivity contribution in [3.05, 3.63) is 54.2 Å². The zero-order valence-corrected chi connectivity index (χ0v) is 21.5.